The van der Waals surface area contributed by atoms with E-state index in [1.54, 1.807) is 157 Å². The molecular weight excluding hydrogens is 1390 g/mol. The molecule has 540 valence electrons. The number of aryl methyl sites for hydroxylation is 1. The van der Waals surface area contributed by atoms with Crippen LogP contribution in [0.25, 0.3) is 61.5 Å². The second kappa shape index (κ2) is 32.3. The van der Waals surface area contributed by atoms with Crippen LogP contribution in [0.4, 0.5) is 11.4 Å². The molecule has 0 aliphatic carbocycles. The molecule has 8 aromatic carbocycles. The molecule has 1 aliphatic rings. The SMILES string of the molecule is C=CC(=O)N1CC[C@@H](n2c(=O)n(-c3ccc(Oc4cccc(C)c4)cc3)c3cnccc32)C1.C=CC(=O)Nc1cccc(-n2c(=O)n(-c3ccc(Oc4cccc(OC(C)C)c4)cc3)c3cnccc32)c1.C=CC(=O)Nc1cccc(-n2c(=O)n(-c3ccc(Oc4cccc(OC)c4)c(Cl)c3)c3cnccc32)c1. The summed E-state index contributed by atoms with van der Waals surface area (Å²) in [6.07, 6.45) is 14.4. The molecule has 1 saturated heterocycles. The minimum Gasteiger partial charge on any atom is -0.497 e. The maximum Gasteiger partial charge on any atom is 0.338 e. The molecule has 0 spiro atoms. The first-order chi connectivity index (χ1) is 52.4. The smallest absolute Gasteiger partial charge is 0.338 e. The molecule has 14 aromatic rings. The lowest BCUT2D eigenvalue weighted by Gasteiger charge is -2.15. The maximum absolute atomic E-state index is 13.7. The van der Waals surface area contributed by atoms with Gasteiger partial charge in [-0.1, -0.05) is 67.7 Å². The molecular formula is C84H71ClN12O11. The number of rotatable bonds is 20. The molecule has 0 saturated carbocycles. The van der Waals surface area contributed by atoms with Crippen LogP contribution in [0.15, 0.2) is 296 Å². The van der Waals surface area contributed by atoms with Crippen molar-refractivity contribution in [1.29, 1.82) is 0 Å². The average molecular weight is 1460 g/mol. The summed E-state index contributed by atoms with van der Waals surface area (Å²) in [6, 6.07) is 61.6. The van der Waals surface area contributed by atoms with Crippen LogP contribution < -0.4 is 51.4 Å². The molecule has 15 rings (SSSR count). The van der Waals surface area contributed by atoms with Crippen molar-refractivity contribution < 1.29 is 38.1 Å². The maximum atomic E-state index is 13.7. The van der Waals surface area contributed by atoms with Gasteiger partial charge in [0, 0.05) is 55.2 Å². The molecule has 24 heteroatoms. The van der Waals surface area contributed by atoms with E-state index in [0.29, 0.717) is 115 Å². The highest BCUT2D eigenvalue weighted by molar-refractivity contribution is 6.32. The number of aromatic nitrogens is 9. The number of benzene rings is 8. The van der Waals surface area contributed by atoms with Crippen molar-refractivity contribution in [2.24, 2.45) is 0 Å². The zero-order valence-corrected chi connectivity index (χ0v) is 59.8. The van der Waals surface area contributed by atoms with E-state index in [-0.39, 0.29) is 46.9 Å². The Labute approximate surface area is 623 Å². The highest BCUT2D eigenvalue weighted by Gasteiger charge is 2.30. The van der Waals surface area contributed by atoms with E-state index in [2.05, 4.69) is 45.3 Å². The summed E-state index contributed by atoms with van der Waals surface area (Å²) < 4.78 is 38.6. The van der Waals surface area contributed by atoms with E-state index < -0.39 is 0 Å². The monoisotopic (exact) mass is 1460 g/mol. The van der Waals surface area contributed by atoms with E-state index in [9.17, 15) is 28.8 Å². The van der Waals surface area contributed by atoms with Crippen LogP contribution in [0.3, 0.4) is 0 Å². The molecule has 1 atom stereocenters. The number of pyridine rings is 3. The van der Waals surface area contributed by atoms with Crippen molar-refractivity contribution in [2.75, 3.05) is 30.8 Å². The van der Waals surface area contributed by atoms with Gasteiger partial charge in [-0.2, -0.15) is 0 Å². The zero-order valence-electron chi connectivity index (χ0n) is 59.1. The number of hydrogen-bond acceptors (Lipinski definition) is 14. The summed E-state index contributed by atoms with van der Waals surface area (Å²) in [7, 11) is 1.58. The van der Waals surface area contributed by atoms with Gasteiger partial charge in [-0.05, 0) is 209 Å². The number of anilines is 2. The normalized spacial score (nSPS) is 12.3. The summed E-state index contributed by atoms with van der Waals surface area (Å²) >= 11 is 6.57. The fourth-order valence-electron chi connectivity index (χ4n) is 12.5. The fraction of sp³-hybridized carbons (Fsp3) is 0.107. The average Bonchev–Trinajstić information content (AvgIpc) is 1.62. The van der Waals surface area contributed by atoms with Gasteiger partial charge in [0.1, 0.15) is 46.0 Å². The zero-order chi connectivity index (χ0) is 75.5. The second-order valence-corrected chi connectivity index (χ2v) is 25.4. The Hall–Kier alpha value is -14.1. The predicted octanol–water partition coefficient (Wildman–Crippen LogP) is 15.9. The van der Waals surface area contributed by atoms with Crippen molar-refractivity contribution in [2.45, 2.75) is 39.3 Å². The molecule has 3 amide bonds. The number of ether oxygens (including phenoxy) is 5. The minimum absolute atomic E-state index is 0.0628. The first-order valence-corrected chi connectivity index (χ1v) is 34.6. The predicted molar refractivity (Wildman–Crippen MR) is 418 cm³/mol. The number of nitrogens with zero attached hydrogens (tertiary/aromatic N) is 10. The van der Waals surface area contributed by atoms with Crippen LogP contribution in [0.2, 0.25) is 5.02 Å². The second-order valence-electron chi connectivity index (χ2n) is 25.0. The lowest BCUT2D eigenvalue weighted by Crippen LogP contribution is -2.31. The Morgan fingerprint density at radius 3 is 1.44 bits per heavy atom. The topological polar surface area (TPSA) is 244 Å². The number of hydrogen-bond donors (Lipinski definition) is 2. The van der Waals surface area contributed by atoms with E-state index in [0.717, 1.165) is 33.8 Å². The third-order valence-electron chi connectivity index (χ3n) is 17.4. The number of halogens is 1. The van der Waals surface area contributed by atoms with Crippen LogP contribution in [0, 0.1) is 6.92 Å². The quantitative estimate of drug-likeness (QED) is 0.0674. The van der Waals surface area contributed by atoms with Crippen molar-refractivity contribution in [3.63, 3.8) is 0 Å². The van der Waals surface area contributed by atoms with Crippen LogP contribution in [-0.2, 0) is 14.4 Å². The number of likely N-dealkylation sites (tertiary alicyclic amines) is 1. The van der Waals surface area contributed by atoms with Crippen molar-refractivity contribution in [1.82, 2.24) is 47.3 Å². The number of carbonyl (C=O) groups excluding carboxylic acids is 3. The molecule has 1 fully saturated rings. The third kappa shape index (κ3) is 15.9. The van der Waals surface area contributed by atoms with Crippen molar-refractivity contribution in [3.8, 4) is 74.4 Å². The van der Waals surface area contributed by atoms with Gasteiger partial charge in [0.25, 0.3) is 0 Å². The third-order valence-corrected chi connectivity index (χ3v) is 17.7. The highest BCUT2D eigenvalue weighted by Crippen LogP contribution is 2.35. The fourth-order valence-corrected chi connectivity index (χ4v) is 12.8. The van der Waals surface area contributed by atoms with Gasteiger partial charge < -0.3 is 39.2 Å². The lowest BCUT2D eigenvalue weighted by atomic mass is 10.2. The molecule has 1 aliphatic heterocycles. The Balaban J connectivity index is 0.000000143. The number of nitrogens with one attached hydrogen (secondary N) is 2. The molecule has 2 N–H and O–H groups in total. The van der Waals surface area contributed by atoms with Crippen molar-refractivity contribution in [3.05, 3.63) is 323 Å². The van der Waals surface area contributed by atoms with Gasteiger partial charge >= 0.3 is 17.1 Å². The summed E-state index contributed by atoms with van der Waals surface area (Å²) in [6.45, 7) is 17.6. The van der Waals surface area contributed by atoms with Gasteiger partial charge in [0.15, 0.2) is 0 Å². The highest BCUT2D eigenvalue weighted by atomic mass is 35.5. The van der Waals surface area contributed by atoms with E-state index in [1.807, 2.05) is 142 Å². The van der Waals surface area contributed by atoms with Gasteiger partial charge in [-0.25, -0.2) is 14.4 Å². The first-order valence-electron chi connectivity index (χ1n) is 34.2. The Bertz CT molecular complexity index is 5930. The number of imidazole rings is 3. The van der Waals surface area contributed by atoms with Gasteiger partial charge in [0.2, 0.25) is 17.7 Å². The summed E-state index contributed by atoms with van der Waals surface area (Å²) in [4.78, 5) is 91.1. The van der Waals surface area contributed by atoms with Crippen molar-refractivity contribution >= 4 is 73.8 Å². The summed E-state index contributed by atoms with van der Waals surface area (Å²) in [5, 5.41) is 5.78. The molecule has 0 radical (unpaired) electrons. The van der Waals surface area contributed by atoms with Crippen LogP contribution in [0.5, 0.6) is 46.0 Å². The molecule has 108 heavy (non-hydrogen) atoms. The number of methoxy groups -OCH3 is 1. The van der Waals surface area contributed by atoms with E-state index >= 15 is 0 Å². The van der Waals surface area contributed by atoms with Crippen LogP contribution in [0.1, 0.15) is 31.9 Å². The lowest BCUT2D eigenvalue weighted by molar-refractivity contribution is -0.125. The number of fused-ring (bicyclic) bond motifs is 3. The number of amides is 3. The summed E-state index contributed by atoms with van der Waals surface area (Å²) in [5.41, 5.74) is 8.65. The van der Waals surface area contributed by atoms with E-state index in [1.165, 1.54) is 22.8 Å². The Morgan fingerprint density at radius 2 is 0.917 bits per heavy atom. The summed E-state index contributed by atoms with van der Waals surface area (Å²) in [5.74, 6) is 4.32. The van der Waals surface area contributed by atoms with Crippen LogP contribution in [-0.4, -0.2) is 91.3 Å². The molecule has 7 heterocycles. The van der Waals surface area contributed by atoms with Gasteiger partial charge in [0.05, 0.1) is 104 Å². The first kappa shape index (κ1) is 72.3. The molecule has 0 unspecified atom stereocenters. The van der Waals surface area contributed by atoms with Gasteiger partial charge in [-0.3, -0.25) is 56.7 Å². The Kier molecular flexibility index (Phi) is 21.6. The largest absolute Gasteiger partial charge is 0.497 e. The molecule has 0 bridgehead atoms. The molecule has 6 aromatic heterocycles. The standard InChI is InChI=1S/C30H26N4O4.C28H21ClN4O4.C26H24N4O3/c1-4-29(35)32-21-7-5-8-23(17-21)34-27-15-16-31-19-28(27)33(30(34)36)22-11-13-24(14-12-22)38-26-10-6-9-25(18-26)37-20(2)3;1-3-27(34)31-18-6-4-7-19(14-18)32-24-12-13-30-17-25(24)33(28(32)35)20-10-11-26(23(29)15-20)37-22-9-5-8-21(16-22)36-2;1-3-25(31)28-14-12-20(17-28)30-23-11-13-27-16-24(23)29(26(30)32)19-7-9-21(10-8-19)33-22-6-4-5-18(2)15-22/h4-20H,1H2,2-3H3,(H,32,35);3-17H,1H2,2H3,(H,31,34);3-11,13,15-16,20H,1,12,14,17H2,2H3/t;;20-/m..1/s1. The van der Waals surface area contributed by atoms with E-state index in [4.69, 9.17) is 35.3 Å². The minimum atomic E-state index is -0.345. The Morgan fingerprint density at radius 1 is 0.472 bits per heavy atom. The van der Waals surface area contributed by atoms with Gasteiger partial charge in [-0.15, -0.1) is 0 Å². The van der Waals surface area contributed by atoms with Crippen LogP contribution >= 0.6 is 11.6 Å². The number of carbonyl (C=O) groups is 3. The molecule has 23 nitrogen and oxygen atoms in total.